The van der Waals surface area contributed by atoms with Gasteiger partial charge in [-0.25, -0.2) is 0 Å². The van der Waals surface area contributed by atoms with Gasteiger partial charge in [-0.2, -0.15) is 0 Å². The molecule has 1 unspecified atom stereocenters. The number of thiocarbonyl (C=S) groups is 1. The molecule has 1 atom stereocenters. The molecule has 3 rings (SSSR count). The first-order valence-electron chi connectivity index (χ1n) is 7.43. The molecule has 20 heavy (non-hydrogen) atoms. The Balaban J connectivity index is 1.64. The van der Waals surface area contributed by atoms with Crippen molar-refractivity contribution in [3.63, 3.8) is 0 Å². The van der Waals surface area contributed by atoms with Crippen LogP contribution in [0.5, 0.6) is 0 Å². The second-order valence-corrected chi connectivity index (χ2v) is 5.87. The maximum Gasteiger partial charge on any atom is 0.171 e. The zero-order valence-electron chi connectivity index (χ0n) is 11.6. The molecule has 1 aliphatic heterocycles. The predicted octanol–water partition coefficient (Wildman–Crippen LogP) is 2.62. The number of ether oxygens (including phenoxy) is 1. The van der Waals surface area contributed by atoms with Gasteiger partial charge in [0.1, 0.15) is 0 Å². The van der Waals surface area contributed by atoms with Crippen molar-refractivity contribution in [3.05, 3.63) is 30.1 Å². The fourth-order valence-corrected chi connectivity index (χ4v) is 3.33. The zero-order valence-corrected chi connectivity index (χ0v) is 12.4. The monoisotopic (exact) mass is 291 g/mol. The summed E-state index contributed by atoms with van der Waals surface area (Å²) in [5.41, 5.74) is 1.07. The van der Waals surface area contributed by atoms with E-state index in [0.717, 1.165) is 17.2 Å². The third-order valence-electron chi connectivity index (χ3n) is 4.05. The smallest absolute Gasteiger partial charge is 0.171 e. The number of hydrogen-bond acceptors (Lipinski definition) is 3. The van der Waals surface area contributed by atoms with Gasteiger partial charge in [-0.1, -0.05) is 25.3 Å². The summed E-state index contributed by atoms with van der Waals surface area (Å²) in [6.07, 6.45) is 9.97. The number of rotatable bonds is 2. The molecule has 0 amide bonds. The number of nitrogens with one attached hydrogen (secondary N) is 1. The highest BCUT2D eigenvalue weighted by molar-refractivity contribution is 7.80. The molecule has 1 aromatic rings. The van der Waals surface area contributed by atoms with Gasteiger partial charge >= 0.3 is 0 Å². The van der Waals surface area contributed by atoms with Crippen LogP contribution in [0.15, 0.2) is 24.5 Å². The lowest BCUT2D eigenvalue weighted by molar-refractivity contribution is 0.0622. The van der Waals surface area contributed by atoms with Gasteiger partial charge < -0.3 is 15.0 Å². The van der Waals surface area contributed by atoms with Gasteiger partial charge in [-0.05, 0) is 31.1 Å². The maximum atomic E-state index is 5.82. The molecule has 4 nitrogen and oxygen atoms in total. The molecule has 0 bridgehead atoms. The van der Waals surface area contributed by atoms with E-state index < -0.39 is 0 Å². The van der Waals surface area contributed by atoms with Crippen LogP contribution >= 0.6 is 12.2 Å². The zero-order chi connectivity index (χ0) is 13.8. The Hall–Kier alpha value is -1.20. The molecule has 0 aromatic carbocycles. The van der Waals surface area contributed by atoms with Crippen LogP contribution in [-0.2, 0) is 4.74 Å². The van der Waals surface area contributed by atoms with Gasteiger partial charge in [0.05, 0.1) is 6.61 Å². The molecule has 108 valence electrons. The van der Waals surface area contributed by atoms with Crippen molar-refractivity contribution in [1.29, 1.82) is 0 Å². The highest BCUT2D eigenvalue weighted by atomic mass is 32.1. The van der Waals surface area contributed by atoms with E-state index in [-0.39, 0.29) is 6.23 Å². The van der Waals surface area contributed by atoms with Crippen LogP contribution in [0.4, 0.5) is 0 Å². The summed E-state index contributed by atoms with van der Waals surface area (Å²) in [6.45, 7) is 1.56. The lowest BCUT2D eigenvalue weighted by Gasteiger charge is -2.30. The average molecular weight is 291 g/mol. The molecule has 1 N–H and O–H groups in total. The summed E-state index contributed by atoms with van der Waals surface area (Å²) in [5.74, 6) is 0. The Morgan fingerprint density at radius 2 is 2.20 bits per heavy atom. The van der Waals surface area contributed by atoms with E-state index in [1.165, 1.54) is 32.1 Å². The predicted molar refractivity (Wildman–Crippen MR) is 82.2 cm³/mol. The Kier molecular flexibility index (Phi) is 4.47. The van der Waals surface area contributed by atoms with Crippen LogP contribution in [0.25, 0.3) is 0 Å². The Bertz CT molecular complexity index is 448. The quantitative estimate of drug-likeness (QED) is 0.848. The third-order valence-corrected chi connectivity index (χ3v) is 4.41. The lowest BCUT2D eigenvalue weighted by atomic mass is 9.96. The third kappa shape index (κ3) is 3.10. The van der Waals surface area contributed by atoms with Gasteiger partial charge in [-0.3, -0.25) is 4.98 Å². The summed E-state index contributed by atoms with van der Waals surface area (Å²) < 4.78 is 5.82. The maximum absolute atomic E-state index is 5.82. The lowest BCUT2D eigenvalue weighted by Crippen LogP contribution is -2.45. The Labute approximate surface area is 125 Å². The van der Waals surface area contributed by atoms with Crippen molar-refractivity contribution < 1.29 is 4.74 Å². The SMILES string of the molecule is S=C(NC1CCCCC1)N1CCOC1c1cccnc1. The van der Waals surface area contributed by atoms with E-state index in [1.807, 2.05) is 18.3 Å². The van der Waals surface area contributed by atoms with Crippen molar-refractivity contribution >= 4 is 17.3 Å². The molecule has 0 radical (unpaired) electrons. The molecular weight excluding hydrogens is 270 g/mol. The summed E-state index contributed by atoms with van der Waals surface area (Å²) >= 11 is 5.59. The summed E-state index contributed by atoms with van der Waals surface area (Å²) in [6, 6.07) is 4.51. The molecule has 1 saturated carbocycles. The number of aromatic nitrogens is 1. The first-order chi connectivity index (χ1) is 9.84. The standard InChI is InChI=1S/C15H21N3OS/c20-15(17-13-6-2-1-3-7-13)18-9-10-19-14(18)12-5-4-8-16-11-12/h4-5,8,11,13-14H,1-3,6-7,9-10H2,(H,17,20). The van der Waals surface area contributed by atoms with Crippen LogP contribution < -0.4 is 5.32 Å². The topological polar surface area (TPSA) is 37.4 Å². The second-order valence-electron chi connectivity index (χ2n) is 5.49. The van der Waals surface area contributed by atoms with Crippen LogP contribution in [0.2, 0.25) is 0 Å². The average Bonchev–Trinajstić information content (AvgIpc) is 2.99. The molecule has 2 heterocycles. The van der Waals surface area contributed by atoms with E-state index >= 15 is 0 Å². The fourth-order valence-electron chi connectivity index (χ4n) is 2.98. The molecule has 2 aliphatic rings. The summed E-state index contributed by atoms with van der Waals surface area (Å²) in [7, 11) is 0. The molecule has 1 aromatic heterocycles. The van der Waals surface area contributed by atoms with E-state index in [2.05, 4.69) is 15.2 Å². The number of pyridine rings is 1. The van der Waals surface area contributed by atoms with Crippen molar-refractivity contribution in [1.82, 2.24) is 15.2 Å². The largest absolute Gasteiger partial charge is 0.360 e. The Morgan fingerprint density at radius 3 is 2.95 bits per heavy atom. The van der Waals surface area contributed by atoms with E-state index in [9.17, 15) is 0 Å². The van der Waals surface area contributed by atoms with Crippen LogP contribution in [-0.4, -0.2) is 34.2 Å². The van der Waals surface area contributed by atoms with Crippen molar-refractivity contribution in [3.8, 4) is 0 Å². The molecule has 0 spiro atoms. The van der Waals surface area contributed by atoms with E-state index in [4.69, 9.17) is 17.0 Å². The first-order valence-corrected chi connectivity index (χ1v) is 7.84. The molecule has 1 aliphatic carbocycles. The minimum absolute atomic E-state index is 0.0905. The molecule has 5 heteroatoms. The van der Waals surface area contributed by atoms with Crippen molar-refractivity contribution in [2.45, 2.75) is 44.4 Å². The highest BCUT2D eigenvalue weighted by Gasteiger charge is 2.30. The van der Waals surface area contributed by atoms with Crippen LogP contribution in [0.1, 0.15) is 43.9 Å². The number of nitrogens with zero attached hydrogens (tertiary/aromatic N) is 2. The van der Waals surface area contributed by atoms with Gasteiger partial charge in [0.2, 0.25) is 0 Å². The fraction of sp³-hybridized carbons (Fsp3) is 0.600. The van der Waals surface area contributed by atoms with E-state index in [0.29, 0.717) is 12.6 Å². The normalized spacial score (nSPS) is 23.8. The van der Waals surface area contributed by atoms with Crippen LogP contribution in [0, 0.1) is 0 Å². The minimum atomic E-state index is -0.0905. The highest BCUT2D eigenvalue weighted by Crippen LogP contribution is 2.27. The summed E-state index contributed by atoms with van der Waals surface area (Å²) in [5, 5.41) is 4.34. The summed E-state index contributed by atoms with van der Waals surface area (Å²) in [4.78, 5) is 6.31. The Morgan fingerprint density at radius 1 is 1.35 bits per heavy atom. The molecule has 1 saturated heterocycles. The van der Waals surface area contributed by atoms with E-state index in [1.54, 1.807) is 6.20 Å². The first kappa shape index (κ1) is 13.8. The van der Waals surface area contributed by atoms with Gasteiger partial charge in [-0.15, -0.1) is 0 Å². The van der Waals surface area contributed by atoms with Gasteiger partial charge in [0, 0.05) is 30.5 Å². The molecule has 2 fully saturated rings. The van der Waals surface area contributed by atoms with Crippen molar-refractivity contribution in [2.24, 2.45) is 0 Å². The number of hydrogen-bond donors (Lipinski definition) is 1. The molecular formula is C15H21N3OS. The van der Waals surface area contributed by atoms with Gasteiger partial charge in [0.15, 0.2) is 11.3 Å². The minimum Gasteiger partial charge on any atom is -0.360 e. The van der Waals surface area contributed by atoms with Crippen LogP contribution in [0.3, 0.4) is 0 Å². The van der Waals surface area contributed by atoms with Crippen molar-refractivity contribution in [2.75, 3.05) is 13.2 Å². The van der Waals surface area contributed by atoms with Gasteiger partial charge in [0.25, 0.3) is 0 Å². The second kappa shape index (κ2) is 6.50.